The minimum absolute atomic E-state index is 0.147. The molecule has 0 saturated carbocycles. The topological polar surface area (TPSA) is 75.2 Å². The molecule has 0 amide bonds. The second-order valence-electron chi connectivity index (χ2n) is 6.58. The summed E-state index contributed by atoms with van der Waals surface area (Å²) in [4.78, 5) is 11.9. The maximum absolute atomic E-state index is 11.9. The first-order valence-corrected chi connectivity index (χ1v) is 9.11. The Labute approximate surface area is 164 Å². The summed E-state index contributed by atoms with van der Waals surface area (Å²) in [7, 11) is 3.34. The molecule has 0 spiro atoms. The van der Waals surface area contributed by atoms with E-state index in [0.717, 1.165) is 34.6 Å². The van der Waals surface area contributed by atoms with Crippen LogP contribution in [0.5, 0.6) is 5.75 Å². The number of nitriles is 1. The molecule has 5 nitrogen and oxygen atoms in total. The zero-order valence-electron chi connectivity index (χ0n) is 16.2. The number of carboxylic acid groups (broad SMARTS) is 1. The average Bonchev–Trinajstić information content (AvgIpc) is 3.00. The Morgan fingerprint density at radius 1 is 1.14 bits per heavy atom. The van der Waals surface area contributed by atoms with Crippen LogP contribution in [-0.4, -0.2) is 22.8 Å². The number of aromatic carboxylic acids is 1. The van der Waals surface area contributed by atoms with E-state index in [1.807, 2.05) is 55.5 Å². The zero-order valence-corrected chi connectivity index (χ0v) is 16.2. The molecule has 3 aromatic rings. The van der Waals surface area contributed by atoms with Gasteiger partial charge in [-0.05, 0) is 35.2 Å². The van der Waals surface area contributed by atoms with Gasteiger partial charge in [-0.1, -0.05) is 49.7 Å². The molecule has 28 heavy (non-hydrogen) atoms. The van der Waals surface area contributed by atoms with Crippen molar-refractivity contribution in [1.82, 2.24) is 4.57 Å². The third-order valence-corrected chi connectivity index (χ3v) is 4.89. The van der Waals surface area contributed by atoms with Crippen molar-refractivity contribution in [3.8, 4) is 34.1 Å². The predicted molar refractivity (Wildman–Crippen MR) is 109 cm³/mol. The number of rotatable bonds is 6. The van der Waals surface area contributed by atoms with Gasteiger partial charge >= 0.3 is 5.97 Å². The number of hydrogen-bond acceptors (Lipinski definition) is 3. The molecule has 3 rings (SSSR count). The van der Waals surface area contributed by atoms with Crippen molar-refractivity contribution in [2.24, 2.45) is 7.05 Å². The summed E-state index contributed by atoms with van der Waals surface area (Å²) in [6.45, 7) is 2.01. The molecule has 1 N–H and O–H groups in total. The summed E-state index contributed by atoms with van der Waals surface area (Å²) in [5.74, 6) is -0.262. The van der Waals surface area contributed by atoms with Gasteiger partial charge in [0.15, 0.2) is 0 Å². The van der Waals surface area contributed by atoms with Crippen LogP contribution in [-0.2, 0) is 13.5 Å². The van der Waals surface area contributed by atoms with Crippen molar-refractivity contribution in [3.05, 3.63) is 65.5 Å². The van der Waals surface area contributed by atoms with E-state index in [2.05, 4.69) is 6.07 Å². The molecular formula is C23H22N2O3. The fraction of sp³-hybridized carbons (Fsp3) is 0.217. The summed E-state index contributed by atoms with van der Waals surface area (Å²) in [5, 5.41) is 19.5. The van der Waals surface area contributed by atoms with Gasteiger partial charge in [-0.3, -0.25) is 0 Å². The SMILES string of the molecule is CCCc1c(C#N)c(-c2ccc(-c3cccc(OC)c3)cc2)c(C(=O)O)n1C. The van der Waals surface area contributed by atoms with Crippen LogP contribution in [0.3, 0.4) is 0 Å². The van der Waals surface area contributed by atoms with E-state index in [4.69, 9.17) is 4.74 Å². The summed E-state index contributed by atoms with van der Waals surface area (Å²) in [6, 6.07) is 17.6. The van der Waals surface area contributed by atoms with Crippen LogP contribution >= 0.6 is 0 Å². The van der Waals surface area contributed by atoms with E-state index in [-0.39, 0.29) is 5.69 Å². The molecule has 2 aromatic carbocycles. The maximum atomic E-state index is 11.9. The molecule has 1 heterocycles. The zero-order chi connectivity index (χ0) is 20.3. The minimum Gasteiger partial charge on any atom is -0.497 e. The molecule has 142 valence electrons. The quantitative estimate of drug-likeness (QED) is 0.666. The molecule has 1 aromatic heterocycles. The molecular weight excluding hydrogens is 352 g/mol. The van der Waals surface area contributed by atoms with Crippen molar-refractivity contribution in [3.63, 3.8) is 0 Å². The number of carbonyl (C=O) groups is 1. The second-order valence-corrected chi connectivity index (χ2v) is 6.58. The van der Waals surface area contributed by atoms with Gasteiger partial charge < -0.3 is 14.4 Å². The highest BCUT2D eigenvalue weighted by Crippen LogP contribution is 2.34. The Morgan fingerprint density at radius 2 is 1.82 bits per heavy atom. The molecule has 0 atom stereocenters. The number of nitrogens with zero attached hydrogens (tertiary/aromatic N) is 2. The first kappa shape index (κ1) is 19.2. The van der Waals surface area contributed by atoms with Gasteiger partial charge in [0.05, 0.1) is 12.7 Å². The minimum atomic E-state index is -1.03. The van der Waals surface area contributed by atoms with E-state index in [1.165, 1.54) is 0 Å². The van der Waals surface area contributed by atoms with Gasteiger partial charge in [0.1, 0.15) is 17.5 Å². The molecule has 0 saturated heterocycles. The van der Waals surface area contributed by atoms with Gasteiger partial charge in [-0.2, -0.15) is 5.26 Å². The standard InChI is InChI=1S/C23H22N2O3/c1-4-6-20-19(14-24)21(22(23(26)27)25(20)2)16-11-9-15(10-12-16)17-7-5-8-18(13-17)28-3/h5,7-13H,4,6H2,1-3H3,(H,26,27). The predicted octanol–water partition coefficient (Wildman–Crippen LogP) is 4.89. The highest BCUT2D eigenvalue weighted by Gasteiger charge is 2.25. The van der Waals surface area contributed by atoms with Crippen molar-refractivity contribution in [2.45, 2.75) is 19.8 Å². The fourth-order valence-electron chi connectivity index (χ4n) is 3.55. The summed E-state index contributed by atoms with van der Waals surface area (Å²) in [5.41, 5.74) is 4.54. The Kier molecular flexibility index (Phi) is 5.51. The van der Waals surface area contributed by atoms with Crippen LogP contribution in [0.15, 0.2) is 48.5 Å². The van der Waals surface area contributed by atoms with Crippen molar-refractivity contribution < 1.29 is 14.6 Å². The highest BCUT2D eigenvalue weighted by molar-refractivity contribution is 5.97. The molecule has 0 fully saturated rings. The average molecular weight is 374 g/mol. The lowest BCUT2D eigenvalue weighted by Crippen LogP contribution is -2.08. The first-order valence-electron chi connectivity index (χ1n) is 9.11. The van der Waals surface area contributed by atoms with Crippen molar-refractivity contribution >= 4 is 5.97 Å². The molecule has 0 bridgehead atoms. The molecule has 0 aliphatic rings. The van der Waals surface area contributed by atoms with E-state index in [1.54, 1.807) is 18.7 Å². The van der Waals surface area contributed by atoms with Crippen molar-refractivity contribution in [2.75, 3.05) is 7.11 Å². The Hall–Kier alpha value is -3.52. The third-order valence-electron chi connectivity index (χ3n) is 4.89. The number of ether oxygens (including phenoxy) is 1. The molecule has 5 heteroatoms. The molecule has 0 aliphatic heterocycles. The summed E-state index contributed by atoms with van der Waals surface area (Å²) < 4.78 is 6.91. The van der Waals surface area contributed by atoms with E-state index < -0.39 is 5.97 Å². The van der Waals surface area contributed by atoms with Gasteiger partial charge in [0.25, 0.3) is 0 Å². The largest absolute Gasteiger partial charge is 0.497 e. The number of carboxylic acids is 1. The fourth-order valence-corrected chi connectivity index (χ4v) is 3.55. The Bertz CT molecular complexity index is 1060. The number of benzene rings is 2. The Balaban J connectivity index is 2.12. The monoisotopic (exact) mass is 374 g/mol. The molecule has 0 radical (unpaired) electrons. The van der Waals surface area contributed by atoms with Crippen LogP contribution < -0.4 is 4.74 Å². The number of aromatic nitrogens is 1. The van der Waals surface area contributed by atoms with Gasteiger partial charge in [0, 0.05) is 18.3 Å². The first-order chi connectivity index (χ1) is 13.5. The molecule has 0 unspecified atom stereocenters. The van der Waals surface area contributed by atoms with Crippen LogP contribution in [0, 0.1) is 11.3 Å². The lowest BCUT2D eigenvalue weighted by Gasteiger charge is -2.07. The van der Waals surface area contributed by atoms with Crippen LogP contribution in [0.4, 0.5) is 0 Å². The Morgan fingerprint density at radius 3 is 2.39 bits per heavy atom. The maximum Gasteiger partial charge on any atom is 0.353 e. The van der Waals surface area contributed by atoms with Gasteiger partial charge in [-0.15, -0.1) is 0 Å². The normalized spacial score (nSPS) is 10.5. The van der Waals surface area contributed by atoms with Crippen molar-refractivity contribution in [1.29, 1.82) is 5.26 Å². The summed E-state index contributed by atoms with van der Waals surface area (Å²) in [6.07, 6.45) is 1.49. The van der Waals surface area contributed by atoms with Crippen LogP contribution in [0.25, 0.3) is 22.3 Å². The number of hydrogen-bond donors (Lipinski definition) is 1. The second kappa shape index (κ2) is 8.01. The van der Waals surface area contributed by atoms with Crippen LogP contribution in [0.1, 0.15) is 35.1 Å². The third kappa shape index (κ3) is 3.37. The van der Waals surface area contributed by atoms with E-state index in [9.17, 15) is 15.2 Å². The smallest absolute Gasteiger partial charge is 0.353 e. The highest BCUT2D eigenvalue weighted by atomic mass is 16.5. The van der Waals surface area contributed by atoms with Gasteiger partial charge in [0.2, 0.25) is 0 Å². The van der Waals surface area contributed by atoms with E-state index >= 15 is 0 Å². The van der Waals surface area contributed by atoms with Crippen LogP contribution in [0.2, 0.25) is 0 Å². The van der Waals surface area contributed by atoms with Gasteiger partial charge in [-0.25, -0.2) is 4.79 Å². The number of methoxy groups -OCH3 is 1. The van der Waals surface area contributed by atoms with E-state index in [0.29, 0.717) is 17.5 Å². The lowest BCUT2D eigenvalue weighted by molar-refractivity contribution is 0.0687. The molecule has 0 aliphatic carbocycles. The lowest BCUT2D eigenvalue weighted by atomic mass is 9.97. The summed E-state index contributed by atoms with van der Waals surface area (Å²) >= 11 is 0.